The third-order valence-electron chi connectivity index (χ3n) is 3.18. The molecule has 6 nitrogen and oxygen atoms in total. The van der Waals surface area contributed by atoms with E-state index in [0.717, 1.165) is 31.8 Å². The first kappa shape index (κ1) is 21.8. The molecule has 6 heteroatoms. The second-order valence-electron chi connectivity index (χ2n) is 5.69. The summed E-state index contributed by atoms with van der Waals surface area (Å²) < 4.78 is 5.21. The molecule has 0 unspecified atom stereocenters. The SMILES string of the molecule is CCCCCCOC(=O)C(CC(C)=O)=C(C=CC(N)=O)CC(C)=O. The van der Waals surface area contributed by atoms with Gasteiger partial charge in [-0.15, -0.1) is 0 Å². The van der Waals surface area contributed by atoms with Crippen LogP contribution in [0.15, 0.2) is 23.3 Å². The molecule has 0 saturated heterocycles. The topological polar surface area (TPSA) is 104 Å². The second kappa shape index (κ2) is 12.2. The molecule has 0 atom stereocenters. The van der Waals surface area contributed by atoms with Gasteiger partial charge in [-0.2, -0.15) is 0 Å². The molecule has 0 aliphatic heterocycles. The molecular formula is C18H27NO5. The summed E-state index contributed by atoms with van der Waals surface area (Å²) in [5.74, 6) is -1.77. The van der Waals surface area contributed by atoms with E-state index in [1.54, 1.807) is 0 Å². The van der Waals surface area contributed by atoms with Crippen LogP contribution in [0.4, 0.5) is 0 Å². The average molecular weight is 337 g/mol. The zero-order valence-electron chi connectivity index (χ0n) is 14.7. The van der Waals surface area contributed by atoms with Gasteiger partial charge >= 0.3 is 5.97 Å². The van der Waals surface area contributed by atoms with E-state index < -0.39 is 11.9 Å². The standard InChI is InChI=1S/C18H27NO5/c1-4-5-6-7-10-24-18(23)16(12-14(3)21)15(11-13(2)20)8-9-17(19)22/h8-9H,4-7,10-12H2,1-3H3,(H2,19,22). The van der Waals surface area contributed by atoms with Crippen LogP contribution in [-0.2, 0) is 23.9 Å². The number of esters is 1. The number of nitrogens with two attached hydrogens (primary N) is 1. The Morgan fingerprint density at radius 3 is 2.04 bits per heavy atom. The summed E-state index contributed by atoms with van der Waals surface area (Å²) in [6.45, 7) is 5.04. The summed E-state index contributed by atoms with van der Waals surface area (Å²) in [4.78, 5) is 46.1. The zero-order valence-corrected chi connectivity index (χ0v) is 14.7. The fourth-order valence-electron chi connectivity index (χ4n) is 2.06. The van der Waals surface area contributed by atoms with E-state index in [4.69, 9.17) is 10.5 Å². The van der Waals surface area contributed by atoms with Crippen molar-refractivity contribution >= 4 is 23.4 Å². The predicted octanol–water partition coefficient (Wildman–Crippen LogP) is 2.41. The van der Waals surface area contributed by atoms with Crippen LogP contribution in [0.3, 0.4) is 0 Å². The molecule has 2 N–H and O–H groups in total. The van der Waals surface area contributed by atoms with Crippen molar-refractivity contribution in [1.82, 2.24) is 0 Å². The number of hydrogen-bond acceptors (Lipinski definition) is 5. The van der Waals surface area contributed by atoms with Crippen molar-refractivity contribution in [3.63, 3.8) is 0 Å². The van der Waals surface area contributed by atoms with Gasteiger partial charge in [-0.1, -0.05) is 32.3 Å². The van der Waals surface area contributed by atoms with E-state index in [2.05, 4.69) is 6.92 Å². The van der Waals surface area contributed by atoms with Crippen LogP contribution in [0.1, 0.15) is 59.3 Å². The molecule has 0 aliphatic rings. The highest BCUT2D eigenvalue weighted by Gasteiger charge is 2.18. The van der Waals surface area contributed by atoms with Crippen LogP contribution in [0, 0.1) is 0 Å². The molecule has 0 saturated carbocycles. The lowest BCUT2D eigenvalue weighted by Gasteiger charge is -2.11. The number of unbranched alkanes of at least 4 members (excludes halogenated alkanes) is 3. The highest BCUT2D eigenvalue weighted by Crippen LogP contribution is 2.18. The average Bonchev–Trinajstić information content (AvgIpc) is 2.48. The normalized spacial score (nSPS) is 12.0. The molecule has 24 heavy (non-hydrogen) atoms. The van der Waals surface area contributed by atoms with E-state index in [1.807, 2.05) is 0 Å². The molecule has 134 valence electrons. The predicted molar refractivity (Wildman–Crippen MR) is 91.1 cm³/mol. The maximum absolute atomic E-state index is 12.3. The van der Waals surface area contributed by atoms with Crippen LogP contribution in [0.25, 0.3) is 0 Å². The van der Waals surface area contributed by atoms with Crippen LogP contribution >= 0.6 is 0 Å². The monoisotopic (exact) mass is 337 g/mol. The first-order chi connectivity index (χ1) is 11.3. The lowest BCUT2D eigenvalue weighted by atomic mass is 9.98. The number of ketones is 2. The molecule has 0 rings (SSSR count). The van der Waals surface area contributed by atoms with E-state index in [0.29, 0.717) is 0 Å². The Kier molecular flexibility index (Phi) is 11.1. The largest absolute Gasteiger partial charge is 0.462 e. The lowest BCUT2D eigenvalue weighted by molar-refractivity contribution is -0.140. The zero-order chi connectivity index (χ0) is 18.5. The van der Waals surface area contributed by atoms with E-state index >= 15 is 0 Å². The van der Waals surface area contributed by atoms with Crippen molar-refractivity contribution in [2.75, 3.05) is 6.61 Å². The van der Waals surface area contributed by atoms with Crippen molar-refractivity contribution in [1.29, 1.82) is 0 Å². The summed E-state index contributed by atoms with van der Waals surface area (Å²) in [5.41, 5.74) is 5.45. The Bertz CT molecular complexity index is 532. The molecule has 0 bridgehead atoms. The highest BCUT2D eigenvalue weighted by atomic mass is 16.5. The Morgan fingerprint density at radius 2 is 1.54 bits per heavy atom. The van der Waals surface area contributed by atoms with Gasteiger partial charge in [0.05, 0.1) is 6.61 Å². The Balaban J connectivity index is 5.30. The van der Waals surface area contributed by atoms with Gasteiger partial charge in [-0.25, -0.2) is 4.79 Å². The number of rotatable bonds is 12. The first-order valence-electron chi connectivity index (χ1n) is 8.13. The molecule has 0 radical (unpaired) electrons. The number of carbonyl (C=O) groups is 4. The van der Waals surface area contributed by atoms with Gasteiger partial charge in [0.15, 0.2) is 0 Å². The summed E-state index contributed by atoms with van der Waals surface area (Å²) in [5, 5.41) is 0. The van der Waals surface area contributed by atoms with Crippen molar-refractivity contribution in [2.45, 2.75) is 59.3 Å². The van der Waals surface area contributed by atoms with Crippen LogP contribution in [0.5, 0.6) is 0 Å². The number of amides is 1. The van der Waals surface area contributed by atoms with Gasteiger partial charge in [0.1, 0.15) is 11.6 Å². The quantitative estimate of drug-likeness (QED) is 0.255. The highest BCUT2D eigenvalue weighted by molar-refractivity contribution is 5.98. The van der Waals surface area contributed by atoms with Crippen LogP contribution in [-0.4, -0.2) is 30.0 Å². The van der Waals surface area contributed by atoms with Gasteiger partial charge in [0.25, 0.3) is 0 Å². The second-order valence-corrected chi connectivity index (χ2v) is 5.69. The molecule has 0 aromatic carbocycles. The molecular weight excluding hydrogens is 310 g/mol. The number of Topliss-reactive ketones (excluding diaryl/α,β-unsaturated/α-hetero) is 2. The Morgan fingerprint density at radius 1 is 0.917 bits per heavy atom. The van der Waals surface area contributed by atoms with Gasteiger partial charge in [0, 0.05) is 24.5 Å². The molecule has 0 aromatic rings. The third-order valence-corrected chi connectivity index (χ3v) is 3.18. The maximum atomic E-state index is 12.3. The minimum Gasteiger partial charge on any atom is -0.462 e. The number of carbonyl (C=O) groups excluding carboxylic acids is 4. The van der Waals surface area contributed by atoms with Crippen molar-refractivity contribution in [2.24, 2.45) is 5.73 Å². The van der Waals surface area contributed by atoms with Crippen LogP contribution in [0.2, 0.25) is 0 Å². The summed E-state index contributed by atoms with van der Waals surface area (Å²) >= 11 is 0. The molecule has 1 amide bonds. The smallest absolute Gasteiger partial charge is 0.334 e. The van der Waals surface area contributed by atoms with Gasteiger partial charge < -0.3 is 10.5 Å². The van der Waals surface area contributed by atoms with Crippen molar-refractivity contribution in [3.05, 3.63) is 23.3 Å². The van der Waals surface area contributed by atoms with Crippen LogP contribution < -0.4 is 5.73 Å². The van der Waals surface area contributed by atoms with Crippen molar-refractivity contribution in [3.8, 4) is 0 Å². The molecule has 0 heterocycles. The Labute approximate surface area is 143 Å². The fraction of sp³-hybridized carbons (Fsp3) is 0.556. The molecule has 0 spiro atoms. The maximum Gasteiger partial charge on any atom is 0.334 e. The summed E-state index contributed by atoms with van der Waals surface area (Å²) in [6, 6.07) is 0. The van der Waals surface area contributed by atoms with Gasteiger partial charge in [-0.05, 0) is 25.8 Å². The minimum absolute atomic E-state index is 0.0721. The number of allylic oxidation sites excluding steroid dienone is 2. The van der Waals surface area contributed by atoms with E-state index in [9.17, 15) is 19.2 Å². The van der Waals surface area contributed by atoms with Gasteiger partial charge in [0.2, 0.25) is 5.91 Å². The Hall–Kier alpha value is -2.24. The molecule has 0 fully saturated rings. The fourth-order valence-corrected chi connectivity index (χ4v) is 2.06. The minimum atomic E-state index is -0.703. The van der Waals surface area contributed by atoms with E-state index in [1.165, 1.54) is 19.9 Å². The summed E-state index contributed by atoms with van der Waals surface area (Å²) in [6.07, 6.45) is 5.97. The van der Waals surface area contributed by atoms with Gasteiger partial charge in [-0.3, -0.25) is 14.4 Å². The number of primary amides is 1. The van der Waals surface area contributed by atoms with Crippen molar-refractivity contribution < 1.29 is 23.9 Å². The molecule has 0 aliphatic carbocycles. The number of ether oxygens (including phenoxy) is 1. The first-order valence-corrected chi connectivity index (χ1v) is 8.13. The van der Waals surface area contributed by atoms with E-state index in [-0.39, 0.29) is 42.2 Å². The summed E-state index contributed by atoms with van der Waals surface area (Å²) in [7, 11) is 0. The lowest BCUT2D eigenvalue weighted by Crippen LogP contribution is -2.15. The molecule has 0 aromatic heterocycles. The third kappa shape index (κ3) is 10.5. The number of hydrogen-bond donors (Lipinski definition) is 1.